The molecule has 1 aliphatic rings. The van der Waals surface area contributed by atoms with Gasteiger partial charge in [0.2, 0.25) is 5.16 Å². The van der Waals surface area contributed by atoms with E-state index in [4.69, 9.17) is 9.52 Å². The third-order valence-electron chi connectivity index (χ3n) is 4.35. The van der Waals surface area contributed by atoms with Gasteiger partial charge in [-0.3, -0.25) is 0 Å². The van der Waals surface area contributed by atoms with E-state index in [1.54, 1.807) is 18.0 Å². The van der Waals surface area contributed by atoms with Crippen molar-refractivity contribution < 1.29 is 4.42 Å². The highest BCUT2D eigenvalue weighted by Crippen LogP contribution is 2.30. The molecular weight excluding hydrogens is 332 g/mol. The van der Waals surface area contributed by atoms with Crippen LogP contribution in [0.2, 0.25) is 0 Å². The molecule has 0 amide bonds. The Bertz CT molecular complexity index is 945. The third-order valence-corrected chi connectivity index (χ3v) is 5.29. The van der Waals surface area contributed by atoms with Crippen molar-refractivity contribution in [2.24, 2.45) is 5.10 Å². The zero-order valence-electron chi connectivity index (χ0n) is 14.8. The summed E-state index contributed by atoms with van der Waals surface area (Å²) in [5.41, 5.74) is 4.55. The Labute approximate surface area is 151 Å². The quantitative estimate of drug-likeness (QED) is 0.681. The summed E-state index contributed by atoms with van der Waals surface area (Å²) in [4.78, 5) is 0. The number of nitrogens with zero attached hydrogens (tertiary/aromatic N) is 4. The van der Waals surface area contributed by atoms with E-state index < -0.39 is 0 Å². The number of thioether (sulfide) groups is 1. The number of fused-ring (bicyclic) bond motifs is 1. The maximum absolute atomic E-state index is 5.40. The summed E-state index contributed by atoms with van der Waals surface area (Å²) in [5.74, 6) is 2.33. The minimum absolute atomic E-state index is 0.148. The van der Waals surface area contributed by atoms with Crippen LogP contribution in [0.1, 0.15) is 37.7 Å². The summed E-state index contributed by atoms with van der Waals surface area (Å²) < 4.78 is 7.22. The minimum atomic E-state index is 0.148. The lowest BCUT2D eigenvalue weighted by Crippen LogP contribution is -2.15. The first-order valence-corrected chi connectivity index (χ1v) is 9.23. The van der Waals surface area contributed by atoms with Crippen LogP contribution >= 0.6 is 11.8 Å². The second kappa shape index (κ2) is 5.88. The SMILES string of the molecule is Cc1occc1-c1nnc2n1N=C(c1ccc(C(C)(C)C)cc1)CS2. The van der Waals surface area contributed by atoms with Crippen LogP contribution in [-0.4, -0.2) is 26.3 Å². The van der Waals surface area contributed by atoms with Gasteiger partial charge < -0.3 is 4.42 Å². The Balaban J connectivity index is 1.73. The maximum Gasteiger partial charge on any atom is 0.212 e. The average Bonchev–Trinajstić information content (AvgIpc) is 3.19. The molecule has 128 valence electrons. The predicted octanol–water partition coefficient (Wildman–Crippen LogP) is 4.50. The van der Waals surface area contributed by atoms with Crippen LogP contribution in [0.4, 0.5) is 0 Å². The van der Waals surface area contributed by atoms with E-state index >= 15 is 0 Å². The fourth-order valence-corrected chi connectivity index (χ4v) is 3.66. The molecule has 0 fully saturated rings. The number of furan rings is 1. The van der Waals surface area contributed by atoms with Gasteiger partial charge in [0, 0.05) is 5.75 Å². The zero-order valence-corrected chi connectivity index (χ0v) is 15.6. The standard InChI is InChI=1S/C19H20N4OS/c1-12-15(9-10-24-12)17-20-21-18-23(17)22-16(11-25-18)13-5-7-14(8-6-13)19(2,3)4/h5-10H,11H2,1-4H3. The lowest BCUT2D eigenvalue weighted by Gasteiger charge is -2.20. The van der Waals surface area contributed by atoms with Crippen LogP contribution in [0.3, 0.4) is 0 Å². The van der Waals surface area contributed by atoms with Crippen molar-refractivity contribution in [3.63, 3.8) is 0 Å². The molecule has 3 heterocycles. The van der Waals surface area contributed by atoms with Gasteiger partial charge in [-0.1, -0.05) is 56.8 Å². The van der Waals surface area contributed by atoms with Gasteiger partial charge in [0.1, 0.15) is 5.76 Å². The van der Waals surface area contributed by atoms with E-state index in [1.165, 1.54) is 5.56 Å². The van der Waals surface area contributed by atoms with Gasteiger partial charge in [0.25, 0.3) is 0 Å². The monoisotopic (exact) mass is 352 g/mol. The molecule has 6 heteroatoms. The molecule has 0 saturated carbocycles. The second-order valence-corrected chi connectivity index (χ2v) is 8.11. The highest BCUT2D eigenvalue weighted by molar-refractivity contribution is 7.99. The smallest absolute Gasteiger partial charge is 0.212 e. The Morgan fingerprint density at radius 3 is 2.48 bits per heavy atom. The third kappa shape index (κ3) is 2.91. The molecular formula is C19H20N4OS. The largest absolute Gasteiger partial charge is 0.469 e. The molecule has 1 aromatic carbocycles. The van der Waals surface area contributed by atoms with Gasteiger partial charge in [0.15, 0.2) is 5.82 Å². The van der Waals surface area contributed by atoms with Crippen LogP contribution < -0.4 is 0 Å². The van der Waals surface area contributed by atoms with Crippen molar-refractivity contribution in [2.75, 3.05) is 5.75 Å². The van der Waals surface area contributed by atoms with Gasteiger partial charge in [-0.2, -0.15) is 9.78 Å². The minimum Gasteiger partial charge on any atom is -0.469 e. The predicted molar refractivity (Wildman–Crippen MR) is 100 cm³/mol. The number of aryl methyl sites for hydroxylation is 1. The topological polar surface area (TPSA) is 56.2 Å². The maximum atomic E-state index is 5.40. The van der Waals surface area contributed by atoms with E-state index in [0.29, 0.717) is 0 Å². The summed E-state index contributed by atoms with van der Waals surface area (Å²) in [6, 6.07) is 10.6. The van der Waals surface area contributed by atoms with Crippen molar-refractivity contribution in [3.8, 4) is 11.4 Å². The molecule has 4 rings (SSSR count). The lowest BCUT2D eigenvalue weighted by atomic mass is 9.86. The molecule has 0 saturated heterocycles. The molecule has 0 spiro atoms. The molecule has 25 heavy (non-hydrogen) atoms. The second-order valence-electron chi connectivity index (χ2n) is 7.17. The van der Waals surface area contributed by atoms with Crippen molar-refractivity contribution >= 4 is 17.5 Å². The normalized spacial score (nSPS) is 14.3. The Hall–Kier alpha value is -2.34. The Morgan fingerprint density at radius 1 is 1.08 bits per heavy atom. The summed E-state index contributed by atoms with van der Waals surface area (Å²) in [7, 11) is 0. The molecule has 0 aliphatic carbocycles. The lowest BCUT2D eigenvalue weighted by molar-refractivity contribution is 0.534. The molecule has 0 atom stereocenters. The summed E-state index contributed by atoms with van der Waals surface area (Å²) in [6.45, 7) is 8.58. The van der Waals surface area contributed by atoms with Crippen LogP contribution in [0.25, 0.3) is 11.4 Å². The van der Waals surface area contributed by atoms with E-state index in [1.807, 2.05) is 17.7 Å². The Kier molecular flexibility index (Phi) is 3.80. The van der Waals surface area contributed by atoms with Gasteiger partial charge in [0.05, 0.1) is 17.5 Å². The van der Waals surface area contributed by atoms with E-state index in [9.17, 15) is 0 Å². The van der Waals surface area contributed by atoms with Gasteiger partial charge in [-0.15, -0.1) is 10.2 Å². The first kappa shape index (κ1) is 16.1. The van der Waals surface area contributed by atoms with E-state index in [-0.39, 0.29) is 5.41 Å². The number of aromatic nitrogens is 3. The molecule has 2 aromatic heterocycles. The number of hydrogen-bond donors (Lipinski definition) is 0. The van der Waals surface area contributed by atoms with E-state index in [2.05, 4.69) is 55.2 Å². The first-order chi connectivity index (χ1) is 11.9. The van der Waals surface area contributed by atoms with Crippen molar-refractivity contribution in [3.05, 3.63) is 53.5 Å². The molecule has 0 N–H and O–H groups in total. The summed E-state index contributed by atoms with van der Waals surface area (Å²) in [6.07, 6.45) is 1.66. The molecule has 1 aliphatic heterocycles. The molecule has 0 radical (unpaired) electrons. The first-order valence-electron chi connectivity index (χ1n) is 8.25. The molecule has 0 bridgehead atoms. The number of hydrogen-bond acceptors (Lipinski definition) is 5. The fourth-order valence-electron chi connectivity index (χ4n) is 2.82. The molecule has 3 aromatic rings. The highest BCUT2D eigenvalue weighted by atomic mass is 32.2. The van der Waals surface area contributed by atoms with E-state index in [0.717, 1.165) is 39.3 Å². The summed E-state index contributed by atoms with van der Waals surface area (Å²) >= 11 is 1.65. The van der Waals surface area contributed by atoms with Gasteiger partial charge in [-0.25, -0.2) is 0 Å². The van der Waals surface area contributed by atoms with Crippen LogP contribution in [0.5, 0.6) is 0 Å². The number of rotatable bonds is 2. The molecule has 0 unspecified atom stereocenters. The van der Waals surface area contributed by atoms with Crippen LogP contribution in [0.15, 0.2) is 51.3 Å². The molecule has 5 nitrogen and oxygen atoms in total. The van der Waals surface area contributed by atoms with Crippen molar-refractivity contribution in [2.45, 2.75) is 38.3 Å². The van der Waals surface area contributed by atoms with Crippen LogP contribution in [0, 0.1) is 6.92 Å². The van der Waals surface area contributed by atoms with Gasteiger partial charge in [-0.05, 0) is 29.5 Å². The Morgan fingerprint density at radius 2 is 1.84 bits per heavy atom. The van der Waals surface area contributed by atoms with Crippen LogP contribution in [-0.2, 0) is 5.41 Å². The van der Waals surface area contributed by atoms with Crippen molar-refractivity contribution in [1.29, 1.82) is 0 Å². The zero-order chi connectivity index (χ0) is 17.6. The highest BCUT2D eigenvalue weighted by Gasteiger charge is 2.22. The van der Waals surface area contributed by atoms with Crippen molar-refractivity contribution in [1.82, 2.24) is 14.9 Å². The average molecular weight is 352 g/mol. The van der Waals surface area contributed by atoms with Gasteiger partial charge >= 0.3 is 0 Å². The summed E-state index contributed by atoms with van der Waals surface area (Å²) in [5, 5.41) is 14.2. The fraction of sp³-hybridized carbons (Fsp3) is 0.316. The number of benzene rings is 1.